The first-order valence-electron chi connectivity index (χ1n) is 4.51. The maximum atomic E-state index is 11.0. The zero-order valence-corrected chi connectivity index (χ0v) is 9.30. The summed E-state index contributed by atoms with van der Waals surface area (Å²) < 4.78 is 1.33. The summed E-state index contributed by atoms with van der Waals surface area (Å²) in [5, 5.41) is 20.1. The topological polar surface area (TPSA) is 84.1 Å². The van der Waals surface area contributed by atoms with Crippen LogP contribution in [-0.2, 0) is 16.9 Å². The van der Waals surface area contributed by atoms with Crippen LogP contribution in [0.25, 0.3) is 0 Å². The summed E-state index contributed by atoms with van der Waals surface area (Å²) in [7, 11) is 3.74. The zero-order chi connectivity index (χ0) is 11.6. The Morgan fingerprint density at radius 1 is 1.53 bits per heavy atom. The van der Waals surface area contributed by atoms with Gasteiger partial charge >= 0.3 is 5.97 Å². The molecule has 0 bridgehead atoms. The van der Waals surface area contributed by atoms with Gasteiger partial charge in [-0.2, -0.15) is 0 Å². The van der Waals surface area contributed by atoms with Crippen molar-refractivity contribution in [3.8, 4) is 0 Å². The molecule has 0 radical (unpaired) electrons. The van der Waals surface area contributed by atoms with E-state index in [0.29, 0.717) is 12.4 Å². The fraction of sp³-hybridized carbons (Fsp3) is 0.750. The summed E-state index contributed by atoms with van der Waals surface area (Å²) in [6.45, 7) is 3.62. The summed E-state index contributed by atoms with van der Waals surface area (Å²) in [6, 6.07) is 0. The molecule has 0 spiro atoms. The molecular weight excluding hydrogens is 198 g/mol. The Kier molecular flexibility index (Phi) is 3.04. The third-order valence-corrected chi connectivity index (χ3v) is 2.04. The van der Waals surface area contributed by atoms with Crippen LogP contribution < -0.4 is 0 Å². The highest BCUT2D eigenvalue weighted by Gasteiger charge is 2.33. The van der Waals surface area contributed by atoms with E-state index in [4.69, 9.17) is 5.11 Å². The SMILES string of the molecule is CN(C)Cc1nnnn1C(C)(C)C(=O)O. The van der Waals surface area contributed by atoms with Gasteiger partial charge in [0.05, 0.1) is 6.54 Å². The first-order valence-corrected chi connectivity index (χ1v) is 4.51. The van der Waals surface area contributed by atoms with E-state index in [0.717, 1.165) is 0 Å². The van der Waals surface area contributed by atoms with E-state index in [1.165, 1.54) is 4.68 Å². The number of carbonyl (C=O) groups is 1. The molecule has 0 fully saturated rings. The number of nitrogens with zero attached hydrogens (tertiary/aromatic N) is 5. The third kappa shape index (κ3) is 2.30. The van der Waals surface area contributed by atoms with E-state index in [2.05, 4.69) is 15.5 Å². The maximum Gasteiger partial charge on any atom is 0.331 e. The Bertz CT molecular complexity index is 358. The second-order valence-corrected chi connectivity index (χ2v) is 4.11. The van der Waals surface area contributed by atoms with Gasteiger partial charge in [-0.1, -0.05) is 0 Å². The first-order chi connectivity index (χ1) is 6.85. The minimum absolute atomic E-state index is 0.504. The van der Waals surface area contributed by atoms with E-state index in [1.807, 2.05) is 19.0 Å². The van der Waals surface area contributed by atoms with E-state index in [-0.39, 0.29) is 0 Å². The van der Waals surface area contributed by atoms with Crippen LogP contribution in [0.3, 0.4) is 0 Å². The van der Waals surface area contributed by atoms with E-state index in [1.54, 1.807) is 13.8 Å². The lowest BCUT2D eigenvalue weighted by atomic mass is 10.1. The molecule has 0 amide bonds. The van der Waals surface area contributed by atoms with Gasteiger partial charge in [0, 0.05) is 0 Å². The van der Waals surface area contributed by atoms with Crippen LogP contribution in [0.15, 0.2) is 0 Å². The normalized spacial score (nSPS) is 12.1. The molecule has 15 heavy (non-hydrogen) atoms. The van der Waals surface area contributed by atoms with Crippen molar-refractivity contribution in [1.29, 1.82) is 0 Å². The molecule has 0 aromatic carbocycles. The van der Waals surface area contributed by atoms with Crippen molar-refractivity contribution in [2.24, 2.45) is 0 Å². The average molecular weight is 213 g/mol. The smallest absolute Gasteiger partial charge is 0.331 e. The van der Waals surface area contributed by atoms with Crippen molar-refractivity contribution in [1.82, 2.24) is 25.1 Å². The van der Waals surface area contributed by atoms with Gasteiger partial charge in [0.1, 0.15) is 0 Å². The predicted octanol–water partition coefficient (Wildman–Crippen LogP) is -0.446. The second-order valence-electron chi connectivity index (χ2n) is 4.11. The van der Waals surface area contributed by atoms with Crippen LogP contribution >= 0.6 is 0 Å². The molecule has 0 saturated heterocycles. The van der Waals surface area contributed by atoms with Crippen molar-refractivity contribution in [2.75, 3.05) is 14.1 Å². The molecule has 1 heterocycles. The zero-order valence-electron chi connectivity index (χ0n) is 9.30. The molecule has 0 aliphatic carbocycles. The lowest BCUT2D eigenvalue weighted by Gasteiger charge is -2.21. The van der Waals surface area contributed by atoms with Gasteiger partial charge in [-0.05, 0) is 38.4 Å². The number of hydrogen-bond donors (Lipinski definition) is 1. The fourth-order valence-corrected chi connectivity index (χ4v) is 1.11. The summed E-state index contributed by atoms with van der Waals surface area (Å²) in [5.74, 6) is -0.429. The molecule has 0 aliphatic heterocycles. The van der Waals surface area contributed by atoms with E-state index >= 15 is 0 Å². The second kappa shape index (κ2) is 3.93. The van der Waals surface area contributed by atoms with Gasteiger partial charge in [0.2, 0.25) is 0 Å². The van der Waals surface area contributed by atoms with Crippen LogP contribution in [0.1, 0.15) is 19.7 Å². The molecule has 7 nitrogen and oxygen atoms in total. The number of rotatable bonds is 4. The third-order valence-electron chi connectivity index (χ3n) is 2.04. The van der Waals surface area contributed by atoms with Gasteiger partial charge in [-0.25, -0.2) is 9.48 Å². The highest BCUT2D eigenvalue weighted by molar-refractivity contribution is 5.75. The lowest BCUT2D eigenvalue weighted by molar-refractivity contribution is -0.146. The minimum atomic E-state index is -1.13. The van der Waals surface area contributed by atoms with Crippen LogP contribution in [0.5, 0.6) is 0 Å². The molecule has 7 heteroatoms. The molecule has 0 unspecified atom stereocenters. The number of aromatic nitrogens is 4. The van der Waals surface area contributed by atoms with Crippen molar-refractivity contribution in [3.05, 3.63) is 5.82 Å². The molecule has 1 aromatic rings. The summed E-state index contributed by atoms with van der Waals surface area (Å²) in [6.07, 6.45) is 0. The molecule has 0 saturated carbocycles. The Balaban J connectivity index is 3.04. The number of carboxylic acid groups (broad SMARTS) is 1. The molecule has 1 aromatic heterocycles. The molecular formula is C8H15N5O2. The van der Waals surface area contributed by atoms with Crippen molar-refractivity contribution >= 4 is 5.97 Å². The van der Waals surface area contributed by atoms with E-state index < -0.39 is 11.5 Å². The van der Waals surface area contributed by atoms with Crippen LogP contribution in [0.4, 0.5) is 0 Å². The Labute approximate surface area is 87.7 Å². The quantitative estimate of drug-likeness (QED) is 0.729. The number of aliphatic carboxylic acids is 1. The van der Waals surface area contributed by atoms with Gasteiger partial charge in [-0.15, -0.1) is 5.10 Å². The van der Waals surface area contributed by atoms with Crippen LogP contribution in [0, 0.1) is 0 Å². The highest BCUT2D eigenvalue weighted by Crippen LogP contribution is 2.15. The number of hydrogen-bond acceptors (Lipinski definition) is 5. The molecule has 1 rings (SSSR count). The van der Waals surface area contributed by atoms with Crippen molar-refractivity contribution in [3.63, 3.8) is 0 Å². The minimum Gasteiger partial charge on any atom is -0.479 e. The van der Waals surface area contributed by atoms with Crippen molar-refractivity contribution < 1.29 is 9.90 Å². The van der Waals surface area contributed by atoms with Gasteiger partial charge < -0.3 is 10.0 Å². The number of carboxylic acids is 1. The van der Waals surface area contributed by atoms with Gasteiger partial charge in [-0.3, -0.25) is 0 Å². The summed E-state index contributed by atoms with van der Waals surface area (Å²) in [4.78, 5) is 12.9. The van der Waals surface area contributed by atoms with Crippen molar-refractivity contribution in [2.45, 2.75) is 25.9 Å². The fourth-order valence-electron chi connectivity index (χ4n) is 1.11. The Morgan fingerprint density at radius 2 is 2.13 bits per heavy atom. The largest absolute Gasteiger partial charge is 0.479 e. The van der Waals surface area contributed by atoms with E-state index in [9.17, 15) is 4.79 Å². The van der Waals surface area contributed by atoms with Gasteiger partial charge in [0.15, 0.2) is 11.4 Å². The Morgan fingerprint density at radius 3 is 2.60 bits per heavy atom. The van der Waals surface area contributed by atoms with Gasteiger partial charge in [0.25, 0.3) is 0 Å². The predicted molar refractivity (Wildman–Crippen MR) is 52.2 cm³/mol. The number of tetrazole rings is 1. The summed E-state index contributed by atoms with van der Waals surface area (Å²) >= 11 is 0. The molecule has 84 valence electrons. The molecule has 1 N–H and O–H groups in total. The lowest BCUT2D eigenvalue weighted by Crippen LogP contribution is -2.38. The standard InChI is InChI=1S/C8H15N5O2/c1-8(2,7(14)15)13-6(5-12(3)4)9-10-11-13/h5H2,1-4H3,(H,14,15). The van der Waals surface area contributed by atoms with Crippen LogP contribution in [-0.4, -0.2) is 50.3 Å². The Hall–Kier alpha value is -1.50. The average Bonchev–Trinajstić information content (AvgIpc) is 2.51. The monoisotopic (exact) mass is 213 g/mol. The van der Waals surface area contributed by atoms with Crippen LogP contribution in [0.2, 0.25) is 0 Å². The maximum absolute atomic E-state index is 11.0. The first kappa shape index (κ1) is 11.6. The molecule has 0 atom stereocenters. The highest BCUT2D eigenvalue weighted by atomic mass is 16.4. The molecule has 0 aliphatic rings. The summed E-state index contributed by atoms with van der Waals surface area (Å²) in [5.41, 5.74) is -1.13.